The van der Waals surface area contributed by atoms with Gasteiger partial charge in [-0.1, -0.05) is 78.4 Å². The summed E-state index contributed by atoms with van der Waals surface area (Å²) in [6, 6.07) is 17.5. The van der Waals surface area contributed by atoms with Gasteiger partial charge in [0.05, 0.1) is 0 Å². The van der Waals surface area contributed by atoms with Crippen LogP contribution in [0.2, 0.25) is 5.02 Å². The van der Waals surface area contributed by atoms with E-state index >= 15 is 0 Å². The predicted octanol–water partition coefficient (Wildman–Crippen LogP) is 4.90. The van der Waals surface area contributed by atoms with Gasteiger partial charge in [-0.2, -0.15) is 0 Å². The van der Waals surface area contributed by atoms with Crippen LogP contribution < -0.4 is 10.4 Å². The summed E-state index contributed by atoms with van der Waals surface area (Å²) in [6.45, 7) is 0. The van der Waals surface area contributed by atoms with Crippen LogP contribution in [0.1, 0.15) is 29.0 Å². The lowest BCUT2D eigenvalue weighted by molar-refractivity contribution is 0.698. The van der Waals surface area contributed by atoms with Crippen LogP contribution in [0.25, 0.3) is 22.9 Å². The number of rotatable bonds is 1. The van der Waals surface area contributed by atoms with E-state index in [4.69, 9.17) is 11.6 Å². The maximum Gasteiger partial charge on any atom is 0.0441 e. The highest BCUT2D eigenvalue weighted by atomic mass is 35.5. The minimum atomic E-state index is 0.467. The van der Waals surface area contributed by atoms with Gasteiger partial charge in [0.25, 0.3) is 0 Å². The molecule has 0 aliphatic heterocycles. The molecule has 0 saturated heterocycles. The molecule has 0 heterocycles. The molecule has 1 unspecified atom stereocenters. The minimum absolute atomic E-state index is 0.467. The van der Waals surface area contributed by atoms with E-state index in [9.17, 15) is 0 Å². The van der Waals surface area contributed by atoms with Crippen molar-refractivity contribution in [2.75, 3.05) is 0 Å². The van der Waals surface area contributed by atoms with Crippen molar-refractivity contribution in [1.29, 1.82) is 0 Å². The average molecular weight is 343 g/mol. The van der Waals surface area contributed by atoms with E-state index in [0.29, 0.717) is 5.92 Å². The third-order valence-electron chi connectivity index (χ3n) is 5.65. The molecule has 0 spiro atoms. The van der Waals surface area contributed by atoms with Crippen LogP contribution in [0, 0.1) is 0 Å². The Balaban J connectivity index is 1.69. The summed E-state index contributed by atoms with van der Waals surface area (Å²) >= 11 is 6.47. The first-order valence-corrected chi connectivity index (χ1v) is 9.34. The Hall–Kier alpha value is -2.31. The summed E-state index contributed by atoms with van der Waals surface area (Å²) in [5.74, 6) is 0.467. The van der Waals surface area contributed by atoms with Gasteiger partial charge in [0.2, 0.25) is 0 Å². The van der Waals surface area contributed by atoms with Crippen molar-refractivity contribution in [2.24, 2.45) is 0 Å². The van der Waals surface area contributed by atoms with Crippen LogP contribution in [0.5, 0.6) is 0 Å². The average Bonchev–Trinajstić information content (AvgIpc) is 2.67. The van der Waals surface area contributed by atoms with Gasteiger partial charge in [0.1, 0.15) is 0 Å². The van der Waals surface area contributed by atoms with Crippen LogP contribution in [0.15, 0.2) is 60.7 Å². The largest absolute Gasteiger partial charge is 0.0840 e. The molecule has 1 heteroatoms. The van der Waals surface area contributed by atoms with E-state index in [1.165, 1.54) is 37.9 Å². The van der Waals surface area contributed by atoms with Crippen molar-refractivity contribution >= 4 is 34.5 Å². The lowest BCUT2D eigenvalue weighted by Gasteiger charge is -2.23. The van der Waals surface area contributed by atoms with E-state index < -0.39 is 0 Å². The Kier molecular flexibility index (Phi) is 3.53. The summed E-state index contributed by atoms with van der Waals surface area (Å²) in [4.78, 5) is 0. The normalized spacial score (nSPS) is 18.2. The van der Waals surface area contributed by atoms with Crippen LogP contribution >= 0.6 is 11.6 Å². The first-order chi connectivity index (χ1) is 12.3. The molecule has 2 aliphatic carbocycles. The fraction of sp³-hybridized carbons (Fsp3) is 0.167. The van der Waals surface area contributed by atoms with Gasteiger partial charge in [-0.3, -0.25) is 0 Å². The Bertz CT molecular complexity index is 1130. The number of allylic oxidation sites excluding steroid dienone is 2. The third-order valence-corrected chi connectivity index (χ3v) is 5.99. The zero-order chi connectivity index (χ0) is 16.8. The molecule has 0 nitrogen and oxygen atoms in total. The highest BCUT2D eigenvalue weighted by Crippen LogP contribution is 2.33. The number of hydrogen-bond acceptors (Lipinski definition) is 0. The SMILES string of the molecule is Clc1ccccc1C1CC=c2ccc3c4c(ccc3c2C1)=CC=CC4. The molecule has 1 atom stereocenters. The van der Waals surface area contributed by atoms with Crippen molar-refractivity contribution in [1.82, 2.24) is 0 Å². The Morgan fingerprint density at radius 3 is 2.52 bits per heavy atom. The summed E-state index contributed by atoms with van der Waals surface area (Å²) in [6.07, 6.45) is 12.2. The maximum atomic E-state index is 6.47. The van der Waals surface area contributed by atoms with Gasteiger partial charge >= 0.3 is 0 Å². The van der Waals surface area contributed by atoms with Gasteiger partial charge in [-0.25, -0.2) is 0 Å². The number of benzene rings is 3. The Labute approximate surface area is 152 Å². The zero-order valence-corrected chi connectivity index (χ0v) is 14.8. The van der Waals surface area contributed by atoms with Gasteiger partial charge in [-0.05, 0) is 69.1 Å². The lowest BCUT2D eigenvalue weighted by atomic mass is 9.82. The van der Waals surface area contributed by atoms with E-state index in [1.807, 2.05) is 12.1 Å². The molecule has 3 aromatic carbocycles. The molecular formula is C24H19Cl. The van der Waals surface area contributed by atoms with E-state index in [-0.39, 0.29) is 0 Å². The quantitative estimate of drug-likeness (QED) is 0.590. The summed E-state index contributed by atoms with van der Waals surface area (Å²) in [5.41, 5.74) is 4.21. The van der Waals surface area contributed by atoms with E-state index in [1.54, 1.807) is 0 Å². The smallest absolute Gasteiger partial charge is 0.0441 e. The van der Waals surface area contributed by atoms with Crippen molar-refractivity contribution in [3.05, 3.63) is 92.8 Å². The van der Waals surface area contributed by atoms with Crippen molar-refractivity contribution in [3.63, 3.8) is 0 Å². The van der Waals surface area contributed by atoms with Crippen molar-refractivity contribution < 1.29 is 0 Å². The van der Waals surface area contributed by atoms with Gasteiger partial charge in [0, 0.05) is 5.02 Å². The second kappa shape index (κ2) is 5.89. The first kappa shape index (κ1) is 15.0. The molecule has 0 amide bonds. The van der Waals surface area contributed by atoms with Crippen molar-refractivity contribution in [3.8, 4) is 0 Å². The molecule has 0 fully saturated rings. The Morgan fingerprint density at radius 2 is 1.64 bits per heavy atom. The lowest BCUT2D eigenvalue weighted by Crippen LogP contribution is -2.20. The van der Waals surface area contributed by atoms with Gasteiger partial charge < -0.3 is 0 Å². The molecule has 0 bridgehead atoms. The molecule has 3 aromatic rings. The molecule has 0 radical (unpaired) electrons. The fourth-order valence-corrected chi connectivity index (χ4v) is 4.66. The number of halogens is 1. The molecule has 0 aromatic heterocycles. The monoisotopic (exact) mass is 342 g/mol. The molecule has 25 heavy (non-hydrogen) atoms. The second-order valence-corrected chi connectivity index (χ2v) is 7.43. The maximum absolute atomic E-state index is 6.47. The fourth-order valence-electron chi connectivity index (χ4n) is 4.37. The number of fused-ring (bicyclic) bond motifs is 5. The molecule has 2 aliphatic rings. The van der Waals surface area contributed by atoms with Gasteiger partial charge in [-0.15, -0.1) is 0 Å². The third kappa shape index (κ3) is 2.44. The van der Waals surface area contributed by atoms with Crippen LogP contribution in [0.4, 0.5) is 0 Å². The molecule has 0 N–H and O–H groups in total. The van der Waals surface area contributed by atoms with Crippen LogP contribution in [0.3, 0.4) is 0 Å². The highest BCUT2D eigenvalue weighted by molar-refractivity contribution is 6.31. The predicted molar refractivity (Wildman–Crippen MR) is 107 cm³/mol. The first-order valence-electron chi connectivity index (χ1n) is 8.96. The minimum Gasteiger partial charge on any atom is -0.0840 e. The van der Waals surface area contributed by atoms with E-state index in [0.717, 1.165) is 24.3 Å². The summed E-state index contributed by atoms with van der Waals surface area (Å²) in [7, 11) is 0. The highest BCUT2D eigenvalue weighted by Gasteiger charge is 2.20. The standard InChI is InChI=1S/C24H19Cl/c25-24-8-4-3-7-20(24)18-10-9-17-12-13-21-19-6-2-1-5-16(19)11-14-22(21)23(17)15-18/h1-5,7-9,11-14,18H,6,10,15H2. The zero-order valence-electron chi connectivity index (χ0n) is 14.0. The number of hydrogen-bond donors (Lipinski definition) is 0. The van der Waals surface area contributed by atoms with Crippen LogP contribution in [-0.2, 0) is 12.8 Å². The summed E-state index contributed by atoms with van der Waals surface area (Å²) < 4.78 is 0. The van der Waals surface area contributed by atoms with Crippen LogP contribution in [-0.4, -0.2) is 0 Å². The van der Waals surface area contributed by atoms with Gasteiger partial charge in [0.15, 0.2) is 0 Å². The molecule has 5 rings (SSSR count). The second-order valence-electron chi connectivity index (χ2n) is 7.02. The topological polar surface area (TPSA) is 0 Å². The Morgan fingerprint density at radius 1 is 0.840 bits per heavy atom. The molecule has 122 valence electrons. The molecule has 0 saturated carbocycles. The molecular weight excluding hydrogens is 324 g/mol. The van der Waals surface area contributed by atoms with E-state index in [2.05, 4.69) is 60.7 Å². The van der Waals surface area contributed by atoms with Crippen molar-refractivity contribution in [2.45, 2.75) is 25.2 Å². The summed E-state index contributed by atoms with van der Waals surface area (Å²) in [5, 5.41) is 6.46.